The minimum Gasteiger partial charge on any atom is -0.481 e. The Balaban J connectivity index is 2.27. The zero-order chi connectivity index (χ0) is 16.7. The Morgan fingerprint density at radius 3 is 2.45 bits per heavy atom. The van der Waals surface area contributed by atoms with Gasteiger partial charge in [-0.3, -0.25) is 9.59 Å². The normalized spacial score (nSPS) is 22.0. The molecule has 4 nitrogen and oxygen atoms in total. The van der Waals surface area contributed by atoms with Crippen LogP contribution in [0.25, 0.3) is 0 Å². The van der Waals surface area contributed by atoms with Gasteiger partial charge >= 0.3 is 12.1 Å². The number of alkyl halides is 3. The summed E-state index contributed by atoms with van der Waals surface area (Å²) < 4.78 is 51.2. The van der Waals surface area contributed by atoms with E-state index >= 15 is 0 Å². The maximum Gasteiger partial charge on any atom is 0.419 e. The topological polar surface area (TPSA) is 57.6 Å². The Kier molecular flexibility index (Phi) is 3.88. The summed E-state index contributed by atoms with van der Waals surface area (Å²) in [7, 11) is 0. The van der Waals surface area contributed by atoms with Gasteiger partial charge in [0.15, 0.2) is 0 Å². The number of carboxylic acids is 1. The molecule has 1 aromatic rings. The van der Waals surface area contributed by atoms with E-state index in [0.29, 0.717) is 12.1 Å². The van der Waals surface area contributed by atoms with E-state index < -0.39 is 34.8 Å². The minimum atomic E-state index is -4.90. The third-order valence-corrected chi connectivity index (χ3v) is 3.80. The molecule has 1 aliphatic rings. The van der Waals surface area contributed by atoms with Crippen LogP contribution >= 0.6 is 0 Å². The number of likely N-dealkylation sites (tertiary alicyclic amines) is 1. The number of hydrogen-bond donors (Lipinski definition) is 1. The quantitative estimate of drug-likeness (QED) is 0.853. The highest BCUT2D eigenvalue weighted by Crippen LogP contribution is 2.34. The first-order valence-electron chi connectivity index (χ1n) is 6.44. The van der Waals surface area contributed by atoms with Crippen LogP contribution in [0.15, 0.2) is 18.2 Å². The lowest BCUT2D eigenvalue weighted by atomic mass is 9.90. The fraction of sp³-hybridized carbons (Fsp3) is 0.429. The van der Waals surface area contributed by atoms with Gasteiger partial charge in [-0.25, -0.2) is 4.39 Å². The predicted molar refractivity (Wildman–Crippen MR) is 67.7 cm³/mol. The fourth-order valence-electron chi connectivity index (χ4n) is 2.37. The Hall–Kier alpha value is -2.12. The molecule has 0 bridgehead atoms. The van der Waals surface area contributed by atoms with E-state index in [4.69, 9.17) is 5.11 Å². The van der Waals surface area contributed by atoms with E-state index in [0.717, 1.165) is 6.07 Å². The van der Waals surface area contributed by atoms with Gasteiger partial charge in [-0.05, 0) is 31.5 Å². The second-order valence-electron chi connectivity index (χ2n) is 5.53. The molecular weight excluding hydrogens is 306 g/mol. The van der Waals surface area contributed by atoms with Gasteiger partial charge in [0, 0.05) is 18.7 Å². The van der Waals surface area contributed by atoms with Crippen LogP contribution in [0.1, 0.15) is 29.3 Å². The van der Waals surface area contributed by atoms with Gasteiger partial charge in [0.05, 0.1) is 11.0 Å². The van der Waals surface area contributed by atoms with Crippen molar-refractivity contribution in [3.8, 4) is 0 Å². The number of hydrogen-bond acceptors (Lipinski definition) is 2. The molecule has 8 heteroatoms. The first-order valence-corrected chi connectivity index (χ1v) is 6.44. The molecule has 1 aliphatic heterocycles. The van der Waals surface area contributed by atoms with Gasteiger partial charge in [0.2, 0.25) is 0 Å². The highest BCUT2D eigenvalue weighted by molar-refractivity contribution is 5.95. The van der Waals surface area contributed by atoms with Crippen molar-refractivity contribution in [3.63, 3.8) is 0 Å². The highest BCUT2D eigenvalue weighted by atomic mass is 19.4. The molecule has 22 heavy (non-hydrogen) atoms. The molecule has 1 saturated heterocycles. The number of carbonyl (C=O) groups excluding carboxylic acids is 1. The number of halogens is 4. The van der Waals surface area contributed by atoms with Gasteiger partial charge < -0.3 is 10.0 Å². The van der Waals surface area contributed by atoms with E-state index in [2.05, 4.69) is 0 Å². The van der Waals surface area contributed by atoms with E-state index in [1.807, 2.05) is 0 Å². The zero-order valence-corrected chi connectivity index (χ0v) is 11.6. The summed E-state index contributed by atoms with van der Waals surface area (Å²) in [6.45, 7) is 1.49. The first-order chi connectivity index (χ1) is 10.0. The molecule has 0 aliphatic carbocycles. The van der Waals surface area contributed by atoms with Crippen molar-refractivity contribution in [1.82, 2.24) is 4.90 Å². The van der Waals surface area contributed by atoms with Crippen molar-refractivity contribution in [3.05, 3.63) is 35.1 Å². The lowest BCUT2D eigenvalue weighted by molar-refractivity contribution is -0.147. The lowest BCUT2D eigenvalue weighted by Gasteiger charge is -2.20. The third kappa shape index (κ3) is 2.90. The molecule has 1 aromatic carbocycles. The predicted octanol–water partition coefficient (Wildman–Crippen LogP) is 2.78. The number of benzene rings is 1. The monoisotopic (exact) mass is 319 g/mol. The van der Waals surface area contributed by atoms with E-state index in [1.165, 1.54) is 11.8 Å². The average molecular weight is 319 g/mol. The molecule has 0 radical (unpaired) electrons. The summed E-state index contributed by atoms with van der Waals surface area (Å²) in [6.07, 6.45) is -4.69. The molecule has 1 amide bonds. The minimum absolute atomic E-state index is 0.0973. The highest BCUT2D eigenvalue weighted by Gasteiger charge is 2.42. The Morgan fingerprint density at radius 1 is 1.32 bits per heavy atom. The SMILES string of the molecule is CC1(C(=O)O)CCN(C(=O)c2ccc(F)c(C(F)(F)F)c2)C1. The molecule has 0 spiro atoms. The molecule has 1 heterocycles. The zero-order valence-electron chi connectivity index (χ0n) is 11.6. The standard InChI is InChI=1S/C14H13F4NO3/c1-13(12(21)22)4-5-19(7-13)11(20)8-2-3-10(15)9(6-8)14(16,17)18/h2-3,6H,4-5,7H2,1H3,(H,21,22). The van der Waals surface area contributed by atoms with Crippen LogP contribution in [0.5, 0.6) is 0 Å². The summed E-state index contributed by atoms with van der Waals surface area (Å²) in [5, 5.41) is 9.09. The second kappa shape index (κ2) is 5.26. The molecule has 2 rings (SSSR count). The van der Waals surface area contributed by atoms with Crippen molar-refractivity contribution in [2.45, 2.75) is 19.5 Å². The first kappa shape index (κ1) is 16.3. The molecule has 1 N–H and O–H groups in total. The fourth-order valence-corrected chi connectivity index (χ4v) is 2.37. The van der Waals surface area contributed by atoms with E-state index in [1.54, 1.807) is 0 Å². The second-order valence-corrected chi connectivity index (χ2v) is 5.53. The van der Waals surface area contributed by atoms with Gasteiger partial charge in [-0.2, -0.15) is 13.2 Å². The van der Waals surface area contributed by atoms with Crippen LogP contribution in [0.4, 0.5) is 17.6 Å². The number of carboxylic acid groups (broad SMARTS) is 1. The van der Waals surface area contributed by atoms with Crippen LogP contribution in [-0.2, 0) is 11.0 Å². The maximum atomic E-state index is 13.2. The third-order valence-electron chi connectivity index (χ3n) is 3.80. The van der Waals surface area contributed by atoms with Crippen LogP contribution in [0.3, 0.4) is 0 Å². The molecule has 1 unspecified atom stereocenters. The number of aliphatic carboxylic acids is 1. The van der Waals surface area contributed by atoms with Gasteiger partial charge in [-0.15, -0.1) is 0 Å². The molecule has 0 saturated carbocycles. The number of carbonyl (C=O) groups is 2. The lowest BCUT2D eigenvalue weighted by Crippen LogP contribution is -2.35. The average Bonchev–Trinajstić information content (AvgIpc) is 2.81. The van der Waals surface area contributed by atoms with Crippen LogP contribution in [0, 0.1) is 11.2 Å². The Labute approximate surface area is 123 Å². The van der Waals surface area contributed by atoms with E-state index in [9.17, 15) is 27.2 Å². The summed E-state index contributed by atoms with van der Waals surface area (Å²) >= 11 is 0. The smallest absolute Gasteiger partial charge is 0.419 e. The van der Waals surface area contributed by atoms with Crippen molar-refractivity contribution in [2.75, 3.05) is 13.1 Å². The van der Waals surface area contributed by atoms with Gasteiger partial charge in [0.25, 0.3) is 5.91 Å². The van der Waals surface area contributed by atoms with Gasteiger partial charge in [-0.1, -0.05) is 0 Å². The summed E-state index contributed by atoms with van der Waals surface area (Å²) in [5.41, 5.74) is -2.95. The maximum absolute atomic E-state index is 13.2. The molecule has 120 valence electrons. The number of rotatable bonds is 2. The summed E-state index contributed by atoms with van der Waals surface area (Å²) in [5.74, 6) is -3.27. The molecule has 0 aromatic heterocycles. The van der Waals surface area contributed by atoms with Crippen molar-refractivity contribution in [2.24, 2.45) is 5.41 Å². The van der Waals surface area contributed by atoms with Crippen molar-refractivity contribution < 1.29 is 32.3 Å². The van der Waals surface area contributed by atoms with Gasteiger partial charge in [0.1, 0.15) is 5.82 Å². The summed E-state index contributed by atoms with van der Waals surface area (Å²) in [6, 6.07) is 2.00. The Morgan fingerprint density at radius 2 is 1.95 bits per heavy atom. The largest absolute Gasteiger partial charge is 0.481 e. The summed E-state index contributed by atoms with van der Waals surface area (Å²) in [4.78, 5) is 24.5. The molecule has 1 atom stereocenters. The van der Waals surface area contributed by atoms with E-state index in [-0.39, 0.29) is 25.1 Å². The number of amides is 1. The van der Waals surface area contributed by atoms with Crippen LogP contribution in [-0.4, -0.2) is 35.0 Å². The van der Waals surface area contributed by atoms with Crippen molar-refractivity contribution >= 4 is 11.9 Å². The Bertz CT molecular complexity index is 629. The van der Waals surface area contributed by atoms with Crippen molar-refractivity contribution in [1.29, 1.82) is 0 Å². The number of nitrogens with zero attached hydrogens (tertiary/aromatic N) is 1. The molecular formula is C14H13F4NO3. The van der Waals surface area contributed by atoms with Crippen LogP contribution in [0.2, 0.25) is 0 Å². The molecule has 1 fully saturated rings. The van der Waals surface area contributed by atoms with Crippen LogP contribution < -0.4 is 0 Å².